The van der Waals surface area contributed by atoms with Crippen LogP contribution in [-0.2, 0) is 29.2 Å². The number of amides is 2. The van der Waals surface area contributed by atoms with E-state index in [1.807, 2.05) is 31.2 Å². The first kappa shape index (κ1) is 29.1. The number of nitrogens with one attached hydrogen (secondary N) is 2. The second-order valence-corrected chi connectivity index (χ2v) is 10.8. The predicted octanol–water partition coefficient (Wildman–Crippen LogP) is 4.01. The molecule has 1 atom stereocenters. The van der Waals surface area contributed by atoms with Gasteiger partial charge in [0.15, 0.2) is 16.7 Å². The van der Waals surface area contributed by atoms with E-state index in [9.17, 15) is 14.4 Å². The minimum absolute atomic E-state index is 0.0703. The van der Waals surface area contributed by atoms with Gasteiger partial charge in [-0.3, -0.25) is 19.0 Å². The number of thioether (sulfide) groups is 1. The van der Waals surface area contributed by atoms with E-state index in [0.29, 0.717) is 52.7 Å². The molecule has 1 aliphatic rings. The number of rotatable bonds is 13. The van der Waals surface area contributed by atoms with Crippen LogP contribution in [0.3, 0.4) is 0 Å². The molecule has 0 spiro atoms. The van der Waals surface area contributed by atoms with Crippen LogP contribution in [0.1, 0.15) is 37.5 Å². The highest BCUT2D eigenvalue weighted by atomic mass is 32.2. The van der Waals surface area contributed by atoms with Gasteiger partial charge in [-0.2, -0.15) is 0 Å². The molecule has 2 N–H and O–H groups in total. The van der Waals surface area contributed by atoms with Crippen LogP contribution in [0.25, 0.3) is 10.9 Å². The molecule has 11 nitrogen and oxygen atoms in total. The first-order chi connectivity index (χ1) is 20.4. The van der Waals surface area contributed by atoms with Crippen LogP contribution in [-0.4, -0.2) is 40.5 Å². The predicted molar refractivity (Wildman–Crippen MR) is 157 cm³/mol. The van der Waals surface area contributed by atoms with Gasteiger partial charge in [0.1, 0.15) is 11.5 Å². The normalized spacial score (nSPS) is 12.7. The van der Waals surface area contributed by atoms with Gasteiger partial charge in [-0.25, -0.2) is 4.98 Å². The van der Waals surface area contributed by atoms with Crippen molar-refractivity contribution in [3.05, 3.63) is 76.5 Å². The van der Waals surface area contributed by atoms with E-state index in [1.54, 1.807) is 37.6 Å². The van der Waals surface area contributed by atoms with Crippen molar-refractivity contribution in [2.75, 3.05) is 13.9 Å². The van der Waals surface area contributed by atoms with E-state index in [1.165, 1.54) is 16.3 Å². The third-order valence-corrected chi connectivity index (χ3v) is 8.13. The van der Waals surface area contributed by atoms with E-state index in [0.717, 1.165) is 11.3 Å². The van der Waals surface area contributed by atoms with E-state index in [2.05, 4.69) is 10.6 Å². The van der Waals surface area contributed by atoms with E-state index < -0.39 is 5.25 Å². The summed E-state index contributed by atoms with van der Waals surface area (Å²) < 4.78 is 23.0. The number of hydrogen-bond acceptors (Lipinski definition) is 9. The summed E-state index contributed by atoms with van der Waals surface area (Å²) in [7, 11) is 1.60. The fraction of sp³-hybridized carbons (Fsp3) is 0.333. The summed E-state index contributed by atoms with van der Waals surface area (Å²) in [6.07, 6.45) is 2.68. The van der Waals surface area contributed by atoms with Gasteiger partial charge in [0.25, 0.3) is 5.56 Å². The first-order valence-electron chi connectivity index (χ1n) is 13.7. The van der Waals surface area contributed by atoms with Crippen molar-refractivity contribution < 1.29 is 28.2 Å². The molecule has 1 aliphatic heterocycles. The number of aromatic nitrogens is 2. The molecule has 0 unspecified atom stereocenters. The molecular formula is C30H32N4O7S. The number of hydrogen-bond donors (Lipinski definition) is 2. The molecule has 0 aliphatic carbocycles. The first-order valence-corrected chi connectivity index (χ1v) is 14.5. The number of furan rings is 1. The topological polar surface area (TPSA) is 134 Å². The fourth-order valence-corrected chi connectivity index (χ4v) is 5.52. The van der Waals surface area contributed by atoms with Crippen LogP contribution in [0.5, 0.6) is 17.2 Å². The lowest BCUT2D eigenvalue weighted by atomic mass is 10.2. The molecule has 0 radical (unpaired) electrons. The SMILES string of the molecule is CC[C@H](Sc1nc2cc3c(cc2c(=O)n1CCCC(=O)NCc1ccc(OC)cc1)OCO3)C(=O)NCc1ccco1. The van der Waals surface area contributed by atoms with Crippen LogP contribution >= 0.6 is 11.8 Å². The molecule has 2 amide bonds. The number of ether oxygens (including phenoxy) is 3. The van der Waals surface area contributed by atoms with Gasteiger partial charge in [0.2, 0.25) is 18.6 Å². The van der Waals surface area contributed by atoms with Crippen molar-refractivity contribution in [2.24, 2.45) is 0 Å². The molecule has 0 fully saturated rings. The van der Waals surface area contributed by atoms with Crippen molar-refractivity contribution in [3.8, 4) is 17.2 Å². The summed E-state index contributed by atoms with van der Waals surface area (Å²) in [4.78, 5) is 44.1. The number of carbonyl (C=O) groups is 2. The minimum Gasteiger partial charge on any atom is -0.497 e. The molecule has 2 aromatic heterocycles. The second kappa shape index (κ2) is 13.5. The van der Waals surface area contributed by atoms with E-state index in [-0.39, 0.29) is 43.7 Å². The van der Waals surface area contributed by atoms with Crippen molar-refractivity contribution >= 4 is 34.5 Å². The average Bonchev–Trinajstić information content (AvgIpc) is 3.70. The van der Waals surface area contributed by atoms with Crippen molar-refractivity contribution in [3.63, 3.8) is 0 Å². The number of nitrogens with zero attached hydrogens (tertiary/aromatic N) is 2. The second-order valence-electron chi connectivity index (χ2n) is 9.61. The zero-order valence-electron chi connectivity index (χ0n) is 23.4. The summed E-state index contributed by atoms with van der Waals surface area (Å²) in [6, 6.07) is 14.3. The van der Waals surface area contributed by atoms with Crippen molar-refractivity contribution in [1.29, 1.82) is 0 Å². The number of carbonyl (C=O) groups excluding carboxylic acids is 2. The number of fused-ring (bicyclic) bond motifs is 2. The Morgan fingerprint density at radius 2 is 1.88 bits per heavy atom. The number of methoxy groups -OCH3 is 1. The molecule has 42 heavy (non-hydrogen) atoms. The Kier molecular flexibility index (Phi) is 9.32. The molecule has 220 valence electrons. The zero-order chi connectivity index (χ0) is 29.5. The smallest absolute Gasteiger partial charge is 0.262 e. The van der Waals surface area contributed by atoms with E-state index in [4.69, 9.17) is 23.6 Å². The Hall–Kier alpha value is -4.45. The third kappa shape index (κ3) is 6.88. The lowest BCUT2D eigenvalue weighted by Gasteiger charge is -2.18. The molecule has 3 heterocycles. The molecule has 2 aromatic carbocycles. The van der Waals surface area contributed by atoms with Gasteiger partial charge in [-0.05, 0) is 48.7 Å². The Bertz CT molecular complexity index is 1600. The average molecular weight is 593 g/mol. The Labute approximate surface area is 246 Å². The van der Waals surface area contributed by atoms with Crippen LogP contribution in [0.2, 0.25) is 0 Å². The van der Waals surface area contributed by atoms with Gasteiger partial charge in [0, 0.05) is 25.6 Å². The quantitative estimate of drug-likeness (QED) is 0.174. The Morgan fingerprint density at radius 1 is 1.10 bits per heavy atom. The third-order valence-electron chi connectivity index (χ3n) is 6.78. The Morgan fingerprint density at radius 3 is 2.60 bits per heavy atom. The van der Waals surface area contributed by atoms with Crippen LogP contribution in [0.4, 0.5) is 0 Å². The molecule has 0 saturated carbocycles. The summed E-state index contributed by atoms with van der Waals surface area (Å²) in [6.45, 7) is 2.87. The molecule has 5 rings (SSSR count). The maximum atomic E-state index is 13.7. The van der Waals surface area contributed by atoms with Gasteiger partial charge in [-0.15, -0.1) is 0 Å². The summed E-state index contributed by atoms with van der Waals surface area (Å²) in [5, 5.41) is 6.07. The van der Waals surface area contributed by atoms with Crippen molar-refractivity contribution in [2.45, 2.75) is 56.2 Å². The van der Waals surface area contributed by atoms with Crippen LogP contribution in [0.15, 0.2) is 69.2 Å². The van der Waals surface area contributed by atoms with Gasteiger partial charge in [0.05, 0.1) is 36.1 Å². The maximum absolute atomic E-state index is 13.7. The zero-order valence-corrected chi connectivity index (χ0v) is 24.2. The lowest BCUT2D eigenvalue weighted by molar-refractivity contribution is -0.122. The summed E-state index contributed by atoms with van der Waals surface area (Å²) >= 11 is 1.22. The Balaban J connectivity index is 1.30. The van der Waals surface area contributed by atoms with Gasteiger partial charge in [-0.1, -0.05) is 30.8 Å². The van der Waals surface area contributed by atoms with Crippen LogP contribution in [0, 0.1) is 0 Å². The highest BCUT2D eigenvalue weighted by molar-refractivity contribution is 8.00. The maximum Gasteiger partial charge on any atom is 0.262 e. The highest BCUT2D eigenvalue weighted by Crippen LogP contribution is 2.35. The largest absolute Gasteiger partial charge is 0.497 e. The van der Waals surface area contributed by atoms with Gasteiger partial charge >= 0.3 is 0 Å². The van der Waals surface area contributed by atoms with Gasteiger partial charge < -0.3 is 29.3 Å². The molecule has 0 saturated heterocycles. The lowest BCUT2D eigenvalue weighted by Crippen LogP contribution is -2.33. The van der Waals surface area contributed by atoms with E-state index >= 15 is 0 Å². The number of benzene rings is 2. The molecular weight excluding hydrogens is 560 g/mol. The standard InChI is InChI=1S/C30H32N4O7S/c1-3-26(28(36)32-17-21-6-5-13-39-21)42-30-33-23-15-25-24(40-18-41-25)14-22(23)29(37)34(30)12-4-7-27(35)31-16-19-8-10-20(38-2)11-9-19/h5-6,8-11,13-15,26H,3-4,7,12,16-18H2,1-2H3,(H,31,35)(H,32,36)/t26-/m0/s1. The monoisotopic (exact) mass is 592 g/mol. The summed E-state index contributed by atoms with van der Waals surface area (Å²) in [5.41, 5.74) is 1.13. The highest BCUT2D eigenvalue weighted by Gasteiger charge is 2.24. The molecule has 12 heteroatoms. The van der Waals surface area contributed by atoms with Crippen LogP contribution < -0.4 is 30.4 Å². The summed E-state index contributed by atoms with van der Waals surface area (Å²) in [5.74, 6) is 2.06. The fourth-order valence-electron chi connectivity index (χ4n) is 4.46. The molecule has 4 aromatic rings. The van der Waals surface area contributed by atoms with Crippen molar-refractivity contribution in [1.82, 2.24) is 20.2 Å². The molecule has 0 bridgehead atoms. The minimum atomic E-state index is -0.502.